The summed E-state index contributed by atoms with van der Waals surface area (Å²) in [6.45, 7) is 1.36. The van der Waals surface area contributed by atoms with E-state index in [2.05, 4.69) is 10.6 Å². The van der Waals surface area contributed by atoms with Gasteiger partial charge in [0.05, 0.1) is 33.3 Å². The molecule has 0 fully saturated rings. The van der Waals surface area contributed by atoms with Crippen molar-refractivity contribution in [3.8, 4) is 0 Å². The maximum Gasteiger partial charge on any atom is 0.341 e. The molecule has 0 saturated heterocycles. The predicted octanol–water partition coefficient (Wildman–Crippen LogP) is -0.387. The first-order valence-electron chi connectivity index (χ1n) is 8.05. The van der Waals surface area contributed by atoms with E-state index in [0.29, 0.717) is 17.1 Å². The molecule has 2 amide bonds. The van der Waals surface area contributed by atoms with E-state index < -0.39 is 17.8 Å². The molecule has 1 aromatic heterocycles. The molecule has 7 nitrogen and oxygen atoms in total. The van der Waals surface area contributed by atoms with Gasteiger partial charge in [0.2, 0.25) is 0 Å². The number of hydrogen-bond acceptors (Lipinski definition) is 5. The molecule has 0 spiro atoms. The van der Waals surface area contributed by atoms with Crippen molar-refractivity contribution in [3.05, 3.63) is 16.0 Å². The van der Waals surface area contributed by atoms with E-state index in [4.69, 9.17) is 4.74 Å². The minimum Gasteiger partial charge on any atom is -0.465 e. The second-order valence-electron chi connectivity index (χ2n) is 6.07. The minimum absolute atomic E-state index is 0.396. The number of carbonyl (C=O) groups excluding carboxylic acids is 3. The van der Waals surface area contributed by atoms with Crippen LogP contribution in [0.25, 0.3) is 0 Å². The van der Waals surface area contributed by atoms with Gasteiger partial charge in [-0.15, -0.1) is 11.3 Å². The van der Waals surface area contributed by atoms with Crippen molar-refractivity contribution in [3.63, 3.8) is 0 Å². The quantitative estimate of drug-likeness (QED) is 0.369. The number of methoxy groups -OCH3 is 1. The van der Waals surface area contributed by atoms with Crippen LogP contribution in [0.2, 0.25) is 0 Å². The Morgan fingerprint density at radius 1 is 1.21 bits per heavy atom. The third-order valence-electron chi connectivity index (χ3n) is 3.88. The smallest absolute Gasteiger partial charge is 0.341 e. The van der Waals surface area contributed by atoms with E-state index in [1.807, 2.05) is 14.1 Å². The largest absolute Gasteiger partial charge is 0.465 e. The van der Waals surface area contributed by atoms with E-state index in [0.717, 1.165) is 42.7 Å². The number of ether oxygens (including phenoxy) is 1. The van der Waals surface area contributed by atoms with Crippen LogP contribution in [0.5, 0.6) is 0 Å². The van der Waals surface area contributed by atoms with Crippen molar-refractivity contribution in [2.45, 2.75) is 25.7 Å². The van der Waals surface area contributed by atoms with Crippen LogP contribution >= 0.6 is 11.3 Å². The van der Waals surface area contributed by atoms with Crippen molar-refractivity contribution in [2.24, 2.45) is 0 Å². The first-order valence-corrected chi connectivity index (χ1v) is 8.86. The highest BCUT2D eigenvalue weighted by Crippen LogP contribution is 2.39. The van der Waals surface area contributed by atoms with Gasteiger partial charge in [0.25, 0.3) is 0 Å². The Kier molecular flexibility index (Phi) is 6.33. The number of amides is 2. The van der Waals surface area contributed by atoms with Gasteiger partial charge in [-0.25, -0.2) is 4.79 Å². The average molecular weight is 354 g/mol. The molecule has 0 aliphatic heterocycles. The number of carbonyl (C=O) groups is 3. The molecule has 24 heavy (non-hydrogen) atoms. The molecule has 8 heteroatoms. The first kappa shape index (κ1) is 18.4. The van der Waals surface area contributed by atoms with Gasteiger partial charge in [0.1, 0.15) is 5.00 Å². The second-order valence-corrected chi connectivity index (χ2v) is 7.18. The average Bonchev–Trinajstić information content (AvgIpc) is 3.10. The topological polar surface area (TPSA) is 88.9 Å². The Morgan fingerprint density at radius 2 is 1.96 bits per heavy atom. The highest BCUT2D eigenvalue weighted by Gasteiger charge is 2.29. The SMILES string of the molecule is COC(=O)c1c(NC(=O)C(=O)NCCC[NH+](C)C)sc2c1CCC2. The van der Waals surface area contributed by atoms with Gasteiger partial charge in [-0.3, -0.25) is 9.59 Å². The molecular weight excluding hydrogens is 330 g/mol. The maximum atomic E-state index is 12.1. The van der Waals surface area contributed by atoms with Crippen molar-refractivity contribution in [2.75, 3.05) is 39.6 Å². The summed E-state index contributed by atoms with van der Waals surface area (Å²) >= 11 is 1.35. The molecule has 3 N–H and O–H groups in total. The van der Waals surface area contributed by atoms with Crippen molar-refractivity contribution in [1.82, 2.24) is 5.32 Å². The third kappa shape index (κ3) is 4.33. The zero-order valence-electron chi connectivity index (χ0n) is 14.3. The number of hydrogen-bond donors (Lipinski definition) is 3. The predicted molar refractivity (Wildman–Crippen MR) is 91.6 cm³/mol. The molecular formula is C16H24N3O4S+. The zero-order valence-corrected chi connectivity index (χ0v) is 15.1. The van der Waals surface area contributed by atoms with E-state index in [1.165, 1.54) is 23.3 Å². The standard InChI is InChI=1S/C16H23N3O4S/c1-19(2)9-5-8-17-13(20)14(21)18-15-12(16(22)23-3)10-6-4-7-11(10)24-15/h4-9H2,1-3H3,(H,17,20)(H,18,21)/p+1. The van der Waals surface area contributed by atoms with Crippen LogP contribution in [0.15, 0.2) is 0 Å². The van der Waals surface area contributed by atoms with Gasteiger partial charge in [0, 0.05) is 17.8 Å². The molecule has 0 aromatic carbocycles. The second kappa shape index (κ2) is 8.25. The Bertz CT molecular complexity index is 640. The summed E-state index contributed by atoms with van der Waals surface area (Å²) in [6, 6.07) is 0. The molecule has 1 aliphatic rings. The van der Waals surface area contributed by atoms with Crippen molar-refractivity contribution >= 4 is 34.1 Å². The molecule has 0 saturated carbocycles. The number of esters is 1. The van der Waals surface area contributed by atoms with Crippen LogP contribution in [-0.4, -0.2) is 52.1 Å². The van der Waals surface area contributed by atoms with Crippen LogP contribution in [0.3, 0.4) is 0 Å². The number of thiophene rings is 1. The fourth-order valence-corrected chi connectivity index (χ4v) is 3.97. The molecule has 0 radical (unpaired) electrons. The number of anilines is 1. The maximum absolute atomic E-state index is 12.1. The van der Waals surface area contributed by atoms with E-state index in [1.54, 1.807) is 0 Å². The fraction of sp³-hybridized carbons (Fsp3) is 0.562. The van der Waals surface area contributed by atoms with Gasteiger partial charge >= 0.3 is 17.8 Å². The van der Waals surface area contributed by atoms with Crippen molar-refractivity contribution < 1.29 is 24.0 Å². The Morgan fingerprint density at radius 3 is 2.62 bits per heavy atom. The van der Waals surface area contributed by atoms with Gasteiger partial charge in [-0.1, -0.05) is 0 Å². The molecule has 1 aromatic rings. The number of quaternary nitrogens is 1. The summed E-state index contributed by atoms with van der Waals surface area (Å²) in [5.41, 5.74) is 1.34. The lowest BCUT2D eigenvalue weighted by Gasteiger charge is -2.09. The van der Waals surface area contributed by atoms with Gasteiger partial charge in [-0.05, 0) is 24.8 Å². The highest BCUT2D eigenvalue weighted by molar-refractivity contribution is 7.17. The number of nitrogens with one attached hydrogen (secondary N) is 3. The van der Waals surface area contributed by atoms with Crippen LogP contribution < -0.4 is 15.5 Å². The van der Waals surface area contributed by atoms with Gasteiger partial charge < -0.3 is 20.3 Å². The van der Waals surface area contributed by atoms with E-state index >= 15 is 0 Å². The first-order chi connectivity index (χ1) is 11.4. The van der Waals surface area contributed by atoms with Crippen LogP contribution in [0.4, 0.5) is 5.00 Å². The Labute approximate surface area is 145 Å². The minimum atomic E-state index is -0.753. The van der Waals surface area contributed by atoms with Gasteiger partial charge in [-0.2, -0.15) is 0 Å². The lowest BCUT2D eigenvalue weighted by Crippen LogP contribution is -3.05. The number of fused-ring (bicyclic) bond motifs is 1. The molecule has 2 rings (SSSR count). The fourth-order valence-electron chi connectivity index (χ4n) is 2.69. The molecule has 0 bridgehead atoms. The van der Waals surface area contributed by atoms with Crippen LogP contribution in [0.1, 0.15) is 33.6 Å². The lowest BCUT2D eigenvalue weighted by atomic mass is 10.1. The summed E-state index contributed by atoms with van der Waals surface area (Å²) in [4.78, 5) is 38.3. The van der Waals surface area contributed by atoms with Crippen molar-refractivity contribution in [1.29, 1.82) is 0 Å². The van der Waals surface area contributed by atoms with Gasteiger partial charge in [0.15, 0.2) is 0 Å². The van der Waals surface area contributed by atoms with E-state index in [9.17, 15) is 14.4 Å². The highest BCUT2D eigenvalue weighted by atomic mass is 32.1. The summed E-state index contributed by atoms with van der Waals surface area (Å²) in [7, 11) is 5.37. The zero-order chi connectivity index (χ0) is 17.7. The van der Waals surface area contributed by atoms with E-state index in [-0.39, 0.29) is 0 Å². The summed E-state index contributed by atoms with van der Waals surface area (Å²) < 4.78 is 4.82. The molecule has 1 heterocycles. The van der Waals surface area contributed by atoms with Crippen LogP contribution in [-0.2, 0) is 27.2 Å². The Balaban J connectivity index is 1.99. The molecule has 1 aliphatic carbocycles. The monoisotopic (exact) mass is 354 g/mol. The Hall–Kier alpha value is -1.93. The summed E-state index contributed by atoms with van der Waals surface area (Å²) in [5.74, 6) is -1.91. The third-order valence-corrected chi connectivity index (χ3v) is 5.09. The van der Waals surface area contributed by atoms with Crippen LogP contribution in [0, 0.1) is 0 Å². The summed E-state index contributed by atoms with van der Waals surface area (Å²) in [5, 5.41) is 5.57. The lowest BCUT2D eigenvalue weighted by molar-refractivity contribution is -0.858. The molecule has 0 unspecified atom stereocenters. The molecule has 132 valence electrons. The normalized spacial score (nSPS) is 12.8. The number of rotatable bonds is 6. The molecule has 0 atom stereocenters. The summed E-state index contributed by atoms with van der Waals surface area (Å²) in [6.07, 6.45) is 3.47. The number of aryl methyl sites for hydroxylation is 1.